The standard InChI is InChI=1S/C14H14FNO3/c15-11-4-1-3-10(7-11)8-14(18)16-9-12(17)13-5-2-6-19-13/h1-7,12,17H,8-9H2,(H,16,18). The van der Waals surface area contributed by atoms with E-state index in [2.05, 4.69) is 5.32 Å². The Labute approximate surface area is 109 Å². The third kappa shape index (κ3) is 3.93. The number of halogens is 1. The van der Waals surface area contributed by atoms with Gasteiger partial charge in [0.2, 0.25) is 5.91 Å². The van der Waals surface area contributed by atoms with Crippen LogP contribution in [0.25, 0.3) is 0 Å². The lowest BCUT2D eigenvalue weighted by Crippen LogP contribution is -2.29. The summed E-state index contributed by atoms with van der Waals surface area (Å²) in [6.07, 6.45) is 0.641. The molecule has 0 spiro atoms. The van der Waals surface area contributed by atoms with Crippen LogP contribution in [-0.2, 0) is 11.2 Å². The van der Waals surface area contributed by atoms with E-state index in [0.717, 1.165) is 0 Å². The molecule has 1 heterocycles. The van der Waals surface area contributed by atoms with Crippen molar-refractivity contribution >= 4 is 5.91 Å². The number of rotatable bonds is 5. The topological polar surface area (TPSA) is 62.5 Å². The Kier molecular flexibility index (Phi) is 4.30. The van der Waals surface area contributed by atoms with Crippen molar-refractivity contribution in [1.82, 2.24) is 5.32 Å². The zero-order valence-electron chi connectivity index (χ0n) is 10.2. The summed E-state index contributed by atoms with van der Waals surface area (Å²) in [7, 11) is 0. The van der Waals surface area contributed by atoms with Gasteiger partial charge in [-0.3, -0.25) is 4.79 Å². The van der Waals surface area contributed by atoms with E-state index < -0.39 is 6.10 Å². The molecular formula is C14H14FNO3. The molecule has 2 N–H and O–H groups in total. The van der Waals surface area contributed by atoms with Crippen LogP contribution in [0.2, 0.25) is 0 Å². The first-order chi connectivity index (χ1) is 9.15. The van der Waals surface area contributed by atoms with Crippen LogP contribution >= 0.6 is 0 Å². The van der Waals surface area contributed by atoms with Crippen molar-refractivity contribution in [3.8, 4) is 0 Å². The number of benzene rings is 1. The van der Waals surface area contributed by atoms with Gasteiger partial charge in [-0.15, -0.1) is 0 Å². The third-order valence-corrected chi connectivity index (χ3v) is 2.62. The average Bonchev–Trinajstić information content (AvgIpc) is 2.90. The van der Waals surface area contributed by atoms with Crippen LogP contribution in [0.3, 0.4) is 0 Å². The van der Waals surface area contributed by atoms with E-state index in [1.54, 1.807) is 24.3 Å². The molecule has 0 saturated heterocycles. The molecule has 2 aromatic rings. The van der Waals surface area contributed by atoms with Crippen molar-refractivity contribution in [3.63, 3.8) is 0 Å². The first-order valence-electron chi connectivity index (χ1n) is 5.88. The monoisotopic (exact) mass is 263 g/mol. The van der Waals surface area contributed by atoms with E-state index in [1.807, 2.05) is 0 Å². The maximum atomic E-state index is 12.9. The van der Waals surface area contributed by atoms with Crippen LogP contribution < -0.4 is 5.32 Å². The molecule has 19 heavy (non-hydrogen) atoms. The molecule has 4 nitrogen and oxygen atoms in total. The minimum atomic E-state index is -0.883. The smallest absolute Gasteiger partial charge is 0.224 e. The SMILES string of the molecule is O=C(Cc1cccc(F)c1)NCC(O)c1ccco1. The summed E-state index contributed by atoms with van der Waals surface area (Å²) in [5.74, 6) is -0.261. The molecule has 0 radical (unpaired) electrons. The highest BCUT2D eigenvalue weighted by atomic mass is 19.1. The number of nitrogens with one attached hydrogen (secondary N) is 1. The Morgan fingerprint density at radius 2 is 2.21 bits per heavy atom. The van der Waals surface area contributed by atoms with Gasteiger partial charge >= 0.3 is 0 Å². The molecule has 0 aliphatic heterocycles. The number of carbonyl (C=O) groups excluding carboxylic acids is 1. The molecule has 0 aliphatic rings. The molecule has 1 unspecified atom stereocenters. The van der Waals surface area contributed by atoms with E-state index in [-0.39, 0.29) is 24.7 Å². The maximum Gasteiger partial charge on any atom is 0.224 e. The minimum absolute atomic E-state index is 0.0572. The Morgan fingerprint density at radius 1 is 1.37 bits per heavy atom. The van der Waals surface area contributed by atoms with E-state index in [0.29, 0.717) is 11.3 Å². The molecule has 100 valence electrons. The van der Waals surface area contributed by atoms with E-state index >= 15 is 0 Å². The van der Waals surface area contributed by atoms with Gasteiger partial charge in [0.25, 0.3) is 0 Å². The van der Waals surface area contributed by atoms with Crippen LogP contribution in [0, 0.1) is 5.82 Å². The molecule has 1 amide bonds. The summed E-state index contributed by atoms with van der Waals surface area (Å²) in [4.78, 5) is 11.6. The van der Waals surface area contributed by atoms with Crippen LogP contribution in [0.5, 0.6) is 0 Å². The van der Waals surface area contributed by atoms with Crippen molar-refractivity contribution in [2.45, 2.75) is 12.5 Å². The Hall–Kier alpha value is -2.14. The zero-order valence-corrected chi connectivity index (χ0v) is 10.2. The van der Waals surface area contributed by atoms with E-state index in [4.69, 9.17) is 4.42 Å². The van der Waals surface area contributed by atoms with Crippen molar-refractivity contribution in [2.75, 3.05) is 6.54 Å². The van der Waals surface area contributed by atoms with Gasteiger partial charge in [-0.05, 0) is 29.8 Å². The van der Waals surface area contributed by atoms with Gasteiger partial charge in [0.15, 0.2) is 0 Å². The van der Waals surface area contributed by atoms with Crippen molar-refractivity contribution in [2.24, 2.45) is 0 Å². The van der Waals surface area contributed by atoms with Gasteiger partial charge in [-0.2, -0.15) is 0 Å². The number of furan rings is 1. The molecule has 1 atom stereocenters. The number of amides is 1. The lowest BCUT2D eigenvalue weighted by molar-refractivity contribution is -0.120. The molecule has 2 rings (SSSR count). The summed E-state index contributed by atoms with van der Waals surface area (Å²) in [5, 5.41) is 12.3. The lowest BCUT2D eigenvalue weighted by atomic mass is 10.1. The summed E-state index contributed by atoms with van der Waals surface area (Å²) >= 11 is 0. The average molecular weight is 263 g/mol. The number of aliphatic hydroxyl groups excluding tert-OH is 1. The Morgan fingerprint density at radius 3 is 2.89 bits per heavy atom. The molecule has 0 fully saturated rings. The highest BCUT2D eigenvalue weighted by molar-refractivity contribution is 5.78. The van der Waals surface area contributed by atoms with Gasteiger partial charge in [0, 0.05) is 0 Å². The number of aliphatic hydroxyl groups is 1. The largest absolute Gasteiger partial charge is 0.467 e. The van der Waals surface area contributed by atoms with E-state index in [9.17, 15) is 14.3 Å². The predicted molar refractivity (Wildman–Crippen MR) is 66.8 cm³/mol. The molecular weight excluding hydrogens is 249 g/mol. The Bertz CT molecular complexity index is 539. The summed E-state index contributed by atoms with van der Waals surface area (Å²) in [5.41, 5.74) is 0.588. The molecule has 0 saturated carbocycles. The lowest BCUT2D eigenvalue weighted by Gasteiger charge is -2.09. The second kappa shape index (κ2) is 6.15. The summed E-state index contributed by atoms with van der Waals surface area (Å²) < 4.78 is 17.9. The third-order valence-electron chi connectivity index (χ3n) is 2.62. The van der Waals surface area contributed by atoms with Gasteiger partial charge < -0.3 is 14.8 Å². The van der Waals surface area contributed by atoms with Gasteiger partial charge in [0.1, 0.15) is 17.7 Å². The quantitative estimate of drug-likeness (QED) is 0.864. The fraction of sp³-hybridized carbons (Fsp3) is 0.214. The molecule has 1 aromatic heterocycles. The fourth-order valence-electron chi connectivity index (χ4n) is 1.69. The summed E-state index contributed by atoms with van der Waals surface area (Å²) in [6, 6.07) is 9.14. The molecule has 1 aromatic carbocycles. The van der Waals surface area contributed by atoms with Crippen molar-refractivity contribution in [1.29, 1.82) is 0 Å². The van der Waals surface area contributed by atoms with Crippen molar-refractivity contribution < 1.29 is 18.7 Å². The van der Waals surface area contributed by atoms with Crippen LogP contribution in [0.4, 0.5) is 4.39 Å². The number of hydrogen-bond acceptors (Lipinski definition) is 3. The van der Waals surface area contributed by atoms with Gasteiger partial charge in [-0.25, -0.2) is 4.39 Å². The first kappa shape index (κ1) is 13.3. The van der Waals surface area contributed by atoms with Crippen LogP contribution in [0.1, 0.15) is 17.4 Å². The highest BCUT2D eigenvalue weighted by Crippen LogP contribution is 2.11. The predicted octanol–water partition coefficient (Wildman–Crippen LogP) is 1.81. The first-order valence-corrected chi connectivity index (χ1v) is 5.88. The maximum absolute atomic E-state index is 12.9. The molecule has 0 aliphatic carbocycles. The van der Waals surface area contributed by atoms with Gasteiger partial charge in [0.05, 0.1) is 19.2 Å². The zero-order chi connectivity index (χ0) is 13.7. The highest BCUT2D eigenvalue weighted by Gasteiger charge is 2.12. The van der Waals surface area contributed by atoms with E-state index in [1.165, 1.54) is 18.4 Å². The number of carbonyl (C=O) groups is 1. The summed E-state index contributed by atoms with van der Waals surface area (Å²) in [6.45, 7) is 0.0572. The minimum Gasteiger partial charge on any atom is -0.467 e. The number of hydrogen-bond donors (Lipinski definition) is 2. The second-order valence-electron chi connectivity index (χ2n) is 4.14. The Balaban J connectivity index is 1.82. The van der Waals surface area contributed by atoms with Crippen LogP contribution in [-0.4, -0.2) is 17.6 Å². The fourth-order valence-corrected chi connectivity index (χ4v) is 1.69. The normalized spacial score (nSPS) is 12.1. The van der Waals surface area contributed by atoms with Gasteiger partial charge in [-0.1, -0.05) is 12.1 Å². The van der Waals surface area contributed by atoms with Crippen LogP contribution in [0.15, 0.2) is 47.1 Å². The second-order valence-corrected chi connectivity index (χ2v) is 4.14. The molecule has 5 heteroatoms. The van der Waals surface area contributed by atoms with Crippen molar-refractivity contribution in [3.05, 3.63) is 59.8 Å². The molecule has 0 bridgehead atoms.